The molecule has 0 amide bonds. The molecule has 2 rings (SSSR count). The zero-order valence-corrected chi connectivity index (χ0v) is 19.3. The second-order valence-corrected chi connectivity index (χ2v) is 8.60. The Bertz CT molecular complexity index is 988. The van der Waals surface area contributed by atoms with Gasteiger partial charge in [0.15, 0.2) is 0 Å². The lowest BCUT2D eigenvalue weighted by molar-refractivity contribution is -0.116. The van der Waals surface area contributed by atoms with Gasteiger partial charge in [0.25, 0.3) is 5.56 Å². The molecule has 0 radical (unpaired) electrons. The van der Waals surface area contributed by atoms with Crippen molar-refractivity contribution in [2.75, 3.05) is 41.1 Å². The van der Waals surface area contributed by atoms with E-state index in [1.165, 1.54) is 6.20 Å². The van der Waals surface area contributed by atoms with Gasteiger partial charge in [0.1, 0.15) is 18.5 Å². The van der Waals surface area contributed by atoms with Crippen molar-refractivity contribution in [3.05, 3.63) is 33.1 Å². The molecular weight excluding hydrogens is 490 g/mol. The molecule has 1 fully saturated rings. The average Bonchev–Trinajstić information content (AvgIpc) is 3.14. The second-order valence-electron chi connectivity index (χ2n) is 6.94. The monoisotopic (exact) mass is 514 g/mol. The van der Waals surface area contributed by atoms with Crippen LogP contribution in [0.5, 0.6) is 0 Å². The standard InChI is InChI=1S/C17H24FN2O13P/c1-11-6-17(7-18,33-13(11)20-5-4-12(21)19-14(20)22)8-30-34(25,31-9-28-15(23)26-2)32-10-29-16(24)27-3/h4-5,11,13H,6-10H2,1-3H3,(H,19,21,22). The highest BCUT2D eigenvalue weighted by molar-refractivity contribution is 7.48. The summed E-state index contributed by atoms with van der Waals surface area (Å²) < 4.78 is 65.9. The topological polar surface area (TPSA) is 180 Å². The van der Waals surface area contributed by atoms with E-state index in [0.29, 0.717) is 0 Å². The molecule has 34 heavy (non-hydrogen) atoms. The molecule has 1 aromatic heterocycles. The van der Waals surface area contributed by atoms with Gasteiger partial charge in [-0.25, -0.2) is 32.4 Å². The number of hydrogen-bond donors (Lipinski definition) is 1. The number of hydrogen-bond acceptors (Lipinski definition) is 13. The lowest BCUT2D eigenvalue weighted by Crippen LogP contribution is -2.38. The Labute approximate surface area is 191 Å². The van der Waals surface area contributed by atoms with Crippen LogP contribution in [-0.4, -0.2) is 68.5 Å². The summed E-state index contributed by atoms with van der Waals surface area (Å²) in [7, 11) is -2.58. The first kappa shape index (κ1) is 27.5. The fraction of sp³-hybridized carbons (Fsp3) is 0.647. The molecule has 15 nitrogen and oxygen atoms in total. The van der Waals surface area contributed by atoms with E-state index >= 15 is 0 Å². The molecule has 0 aliphatic carbocycles. The fourth-order valence-corrected chi connectivity index (χ4v) is 3.97. The van der Waals surface area contributed by atoms with E-state index in [4.69, 9.17) is 18.3 Å². The highest BCUT2D eigenvalue weighted by atomic mass is 31.2. The van der Waals surface area contributed by atoms with Crippen LogP contribution in [0.1, 0.15) is 19.6 Å². The number of halogens is 1. The molecule has 0 aromatic carbocycles. The molecule has 1 aromatic rings. The zero-order valence-electron chi connectivity index (χ0n) is 18.4. The maximum atomic E-state index is 14.1. The van der Waals surface area contributed by atoms with Gasteiger partial charge in [0.2, 0.25) is 13.6 Å². The quantitative estimate of drug-likeness (QED) is 0.255. The predicted molar refractivity (Wildman–Crippen MR) is 106 cm³/mol. The van der Waals surface area contributed by atoms with Crippen LogP contribution in [0.3, 0.4) is 0 Å². The molecule has 2 heterocycles. The number of H-pyrrole nitrogens is 1. The van der Waals surface area contributed by atoms with Gasteiger partial charge in [0.05, 0.1) is 20.8 Å². The Balaban J connectivity index is 2.12. The molecule has 1 N–H and O–H groups in total. The number of methoxy groups -OCH3 is 2. The third-order valence-corrected chi connectivity index (χ3v) is 5.80. The summed E-state index contributed by atoms with van der Waals surface area (Å²) in [6.45, 7) is -2.05. The number of nitrogens with one attached hydrogen (secondary N) is 1. The molecule has 192 valence electrons. The number of phosphoric ester groups is 1. The second kappa shape index (κ2) is 12.1. The van der Waals surface area contributed by atoms with Crippen LogP contribution in [0, 0.1) is 5.92 Å². The summed E-state index contributed by atoms with van der Waals surface area (Å²) in [5.74, 6) is -0.436. The van der Waals surface area contributed by atoms with Crippen molar-refractivity contribution in [2.45, 2.75) is 25.2 Å². The first-order chi connectivity index (χ1) is 16.1. The Morgan fingerprint density at radius 1 is 1.18 bits per heavy atom. The summed E-state index contributed by atoms with van der Waals surface area (Å²) in [4.78, 5) is 47.6. The maximum absolute atomic E-state index is 14.1. The van der Waals surface area contributed by atoms with Crippen LogP contribution in [-0.2, 0) is 41.8 Å². The van der Waals surface area contributed by atoms with E-state index in [0.717, 1.165) is 24.9 Å². The van der Waals surface area contributed by atoms with Crippen LogP contribution in [0.25, 0.3) is 0 Å². The van der Waals surface area contributed by atoms with Gasteiger partial charge in [0, 0.05) is 18.2 Å². The molecule has 0 saturated carbocycles. The molecule has 1 aliphatic heterocycles. The lowest BCUT2D eigenvalue weighted by atomic mass is 9.96. The number of ether oxygens (including phenoxy) is 5. The van der Waals surface area contributed by atoms with E-state index in [2.05, 4.69) is 23.9 Å². The third kappa shape index (κ3) is 7.36. The molecule has 0 bridgehead atoms. The molecule has 1 aliphatic rings. The molecule has 3 unspecified atom stereocenters. The number of phosphoric acid groups is 1. The largest absolute Gasteiger partial charge is 0.510 e. The number of rotatable bonds is 11. The van der Waals surface area contributed by atoms with Gasteiger partial charge in [-0.05, 0) is 6.42 Å². The Kier molecular flexibility index (Phi) is 9.76. The van der Waals surface area contributed by atoms with Crippen molar-refractivity contribution in [1.82, 2.24) is 9.55 Å². The number of alkyl halides is 1. The van der Waals surface area contributed by atoms with Crippen molar-refractivity contribution < 1.29 is 55.8 Å². The molecule has 3 atom stereocenters. The zero-order chi connectivity index (χ0) is 25.4. The van der Waals surface area contributed by atoms with Gasteiger partial charge >= 0.3 is 25.8 Å². The third-order valence-electron chi connectivity index (χ3n) is 4.51. The van der Waals surface area contributed by atoms with Crippen LogP contribution in [0.15, 0.2) is 21.9 Å². The van der Waals surface area contributed by atoms with E-state index in [1.54, 1.807) is 6.92 Å². The Morgan fingerprint density at radius 3 is 2.26 bits per heavy atom. The predicted octanol–water partition coefficient (Wildman–Crippen LogP) is 1.44. The highest BCUT2D eigenvalue weighted by Crippen LogP contribution is 2.52. The summed E-state index contributed by atoms with van der Waals surface area (Å²) >= 11 is 0. The van der Waals surface area contributed by atoms with E-state index in [9.17, 15) is 28.1 Å². The number of carbonyl (C=O) groups is 2. The van der Waals surface area contributed by atoms with Gasteiger partial charge in [-0.3, -0.25) is 18.9 Å². The van der Waals surface area contributed by atoms with Gasteiger partial charge in [-0.2, -0.15) is 0 Å². The molecule has 1 saturated heterocycles. The van der Waals surface area contributed by atoms with Crippen molar-refractivity contribution in [2.24, 2.45) is 5.92 Å². The van der Waals surface area contributed by atoms with Gasteiger partial charge in [-0.15, -0.1) is 0 Å². The fourth-order valence-electron chi connectivity index (χ4n) is 2.99. The first-order valence-electron chi connectivity index (χ1n) is 9.57. The summed E-state index contributed by atoms with van der Waals surface area (Å²) in [6.07, 6.45) is -2.10. The molecule has 0 spiro atoms. The summed E-state index contributed by atoms with van der Waals surface area (Å²) in [5, 5.41) is 0. The minimum Gasteiger partial charge on any atom is -0.438 e. The Morgan fingerprint density at radius 2 is 1.76 bits per heavy atom. The van der Waals surface area contributed by atoms with Crippen molar-refractivity contribution in [3.63, 3.8) is 0 Å². The van der Waals surface area contributed by atoms with E-state index < -0.39 is 76.0 Å². The lowest BCUT2D eigenvalue weighted by Gasteiger charge is -2.28. The van der Waals surface area contributed by atoms with Crippen molar-refractivity contribution in [1.29, 1.82) is 0 Å². The normalized spacial score (nSPS) is 22.2. The van der Waals surface area contributed by atoms with Crippen molar-refractivity contribution >= 4 is 20.1 Å². The van der Waals surface area contributed by atoms with Gasteiger partial charge in [-0.1, -0.05) is 6.92 Å². The first-order valence-corrected chi connectivity index (χ1v) is 11.0. The van der Waals surface area contributed by atoms with Crippen LogP contribution in [0.4, 0.5) is 14.0 Å². The van der Waals surface area contributed by atoms with Crippen LogP contribution in [0.2, 0.25) is 0 Å². The summed E-state index contributed by atoms with van der Waals surface area (Å²) in [5.41, 5.74) is -3.07. The Hall–Kier alpha value is -2.78. The number of carbonyl (C=O) groups excluding carboxylic acids is 2. The van der Waals surface area contributed by atoms with E-state index in [1.807, 2.05) is 0 Å². The van der Waals surface area contributed by atoms with Crippen LogP contribution >= 0.6 is 7.82 Å². The molecule has 17 heteroatoms. The SMILES string of the molecule is COC(=O)OCOP(=O)(OCOC(=O)OC)OCC1(CF)CC(C)C(n2ccc(=O)[nH]c2=O)O1. The number of aromatic amines is 1. The average molecular weight is 514 g/mol. The number of aromatic nitrogens is 2. The number of nitrogens with zero attached hydrogens (tertiary/aromatic N) is 1. The van der Waals surface area contributed by atoms with Crippen molar-refractivity contribution in [3.8, 4) is 0 Å². The smallest absolute Gasteiger partial charge is 0.438 e. The maximum Gasteiger partial charge on any atom is 0.510 e. The minimum atomic E-state index is -4.62. The van der Waals surface area contributed by atoms with Gasteiger partial charge < -0.3 is 23.7 Å². The molecular formula is C17H24FN2O13P. The highest BCUT2D eigenvalue weighted by Gasteiger charge is 2.48. The van der Waals surface area contributed by atoms with Crippen LogP contribution < -0.4 is 11.2 Å². The summed E-state index contributed by atoms with van der Waals surface area (Å²) in [6, 6.07) is 1.10. The minimum absolute atomic E-state index is 0.0110. The van der Waals surface area contributed by atoms with E-state index in [-0.39, 0.29) is 6.42 Å².